The highest BCUT2D eigenvalue weighted by Gasteiger charge is 2.08. The van der Waals surface area contributed by atoms with Crippen LogP contribution in [0.25, 0.3) is 0 Å². The number of anilines is 1. The van der Waals surface area contributed by atoms with Crippen molar-refractivity contribution in [3.63, 3.8) is 0 Å². The van der Waals surface area contributed by atoms with Gasteiger partial charge in [0, 0.05) is 34.5 Å². The predicted molar refractivity (Wildman–Crippen MR) is 81.3 cm³/mol. The Balaban J connectivity index is 2.15. The van der Waals surface area contributed by atoms with E-state index in [0.717, 1.165) is 22.4 Å². The number of pyridine rings is 1. The van der Waals surface area contributed by atoms with Gasteiger partial charge in [-0.25, -0.2) is 4.98 Å². The molecule has 0 spiro atoms. The van der Waals surface area contributed by atoms with Crippen molar-refractivity contribution in [1.29, 1.82) is 0 Å². The molecule has 0 saturated carbocycles. The monoisotopic (exact) mass is 345 g/mol. The SMILES string of the molecule is CN(Cc1cc(Br)cs1)c1cc(CN)c(Cl)cn1. The minimum Gasteiger partial charge on any atom is -0.355 e. The molecule has 2 rings (SSSR count). The number of nitrogens with two attached hydrogens (primary N) is 1. The molecule has 18 heavy (non-hydrogen) atoms. The third kappa shape index (κ3) is 3.23. The Kier molecular flexibility index (Phi) is 4.61. The summed E-state index contributed by atoms with van der Waals surface area (Å²) >= 11 is 11.2. The topological polar surface area (TPSA) is 42.1 Å². The van der Waals surface area contributed by atoms with Gasteiger partial charge >= 0.3 is 0 Å². The molecule has 0 atom stereocenters. The van der Waals surface area contributed by atoms with E-state index in [9.17, 15) is 0 Å². The quantitative estimate of drug-likeness (QED) is 0.918. The highest BCUT2D eigenvalue weighted by Crippen LogP contribution is 2.24. The summed E-state index contributed by atoms with van der Waals surface area (Å²) in [6.07, 6.45) is 1.65. The average Bonchev–Trinajstić information content (AvgIpc) is 2.75. The summed E-state index contributed by atoms with van der Waals surface area (Å²) < 4.78 is 1.11. The summed E-state index contributed by atoms with van der Waals surface area (Å²) in [4.78, 5) is 7.67. The van der Waals surface area contributed by atoms with E-state index in [1.165, 1.54) is 4.88 Å². The van der Waals surface area contributed by atoms with E-state index in [2.05, 4.69) is 37.3 Å². The van der Waals surface area contributed by atoms with E-state index in [-0.39, 0.29) is 0 Å². The molecule has 2 aromatic heterocycles. The van der Waals surface area contributed by atoms with E-state index in [1.807, 2.05) is 13.1 Å². The number of nitrogens with zero attached hydrogens (tertiary/aromatic N) is 2. The summed E-state index contributed by atoms with van der Waals surface area (Å²) in [5.74, 6) is 0.879. The summed E-state index contributed by atoms with van der Waals surface area (Å²) in [5, 5.41) is 2.69. The summed E-state index contributed by atoms with van der Waals surface area (Å²) in [5.41, 5.74) is 6.56. The first-order valence-corrected chi connectivity index (χ1v) is 7.43. The van der Waals surface area contributed by atoms with Crippen molar-refractivity contribution in [2.24, 2.45) is 5.73 Å². The van der Waals surface area contributed by atoms with Gasteiger partial charge < -0.3 is 10.6 Å². The lowest BCUT2D eigenvalue weighted by Gasteiger charge is -2.18. The fourth-order valence-corrected chi connectivity index (χ4v) is 3.27. The third-order valence-corrected chi connectivity index (χ3v) is 4.57. The Morgan fingerprint density at radius 3 is 2.89 bits per heavy atom. The Bertz CT molecular complexity index is 544. The molecule has 2 heterocycles. The molecule has 0 bridgehead atoms. The second kappa shape index (κ2) is 6.02. The first-order valence-electron chi connectivity index (χ1n) is 5.38. The molecule has 96 valence electrons. The van der Waals surface area contributed by atoms with Gasteiger partial charge in [-0.2, -0.15) is 0 Å². The van der Waals surface area contributed by atoms with Crippen LogP contribution >= 0.6 is 38.9 Å². The zero-order valence-electron chi connectivity index (χ0n) is 9.86. The van der Waals surface area contributed by atoms with Crippen molar-refractivity contribution in [2.75, 3.05) is 11.9 Å². The molecule has 0 saturated heterocycles. The maximum Gasteiger partial charge on any atom is 0.128 e. The number of halogens is 2. The van der Waals surface area contributed by atoms with Gasteiger partial charge in [-0.05, 0) is 33.6 Å². The summed E-state index contributed by atoms with van der Waals surface area (Å²) in [7, 11) is 2.00. The lowest BCUT2D eigenvalue weighted by molar-refractivity contribution is 0.905. The smallest absolute Gasteiger partial charge is 0.128 e. The highest BCUT2D eigenvalue weighted by molar-refractivity contribution is 9.10. The Morgan fingerprint density at radius 1 is 1.50 bits per heavy atom. The molecule has 0 radical (unpaired) electrons. The van der Waals surface area contributed by atoms with Gasteiger partial charge in [0.15, 0.2) is 0 Å². The van der Waals surface area contributed by atoms with Crippen LogP contribution in [0.3, 0.4) is 0 Å². The molecule has 2 N–H and O–H groups in total. The zero-order valence-corrected chi connectivity index (χ0v) is 13.0. The number of hydrogen-bond acceptors (Lipinski definition) is 4. The fraction of sp³-hybridized carbons (Fsp3) is 0.250. The molecule has 6 heteroatoms. The Labute approximate surface area is 124 Å². The van der Waals surface area contributed by atoms with Gasteiger partial charge in [0.05, 0.1) is 11.6 Å². The molecule has 0 unspecified atom stereocenters. The van der Waals surface area contributed by atoms with Crippen molar-refractivity contribution < 1.29 is 0 Å². The van der Waals surface area contributed by atoms with Gasteiger partial charge in [-0.1, -0.05) is 11.6 Å². The van der Waals surface area contributed by atoms with Crippen LogP contribution in [-0.2, 0) is 13.1 Å². The highest BCUT2D eigenvalue weighted by atomic mass is 79.9. The maximum atomic E-state index is 6.00. The minimum absolute atomic E-state index is 0.423. The molecule has 0 aromatic carbocycles. The first-order chi connectivity index (χ1) is 8.60. The van der Waals surface area contributed by atoms with E-state index in [4.69, 9.17) is 17.3 Å². The van der Waals surface area contributed by atoms with E-state index < -0.39 is 0 Å². The predicted octanol–water partition coefficient (Wildman–Crippen LogP) is 3.65. The van der Waals surface area contributed by atoms with Crippen LogP contribution in [0.2, 0.25) is 5.02 Å². The minimum atomic E-state index is 0.423. The average molecular weight is 347 g/mol. The number of aromatic nitrogens is 1. The lowest BCUT2D eigenvalue weighted by atomic mass is 10.2. The first kappa shape index (κ1) is 13.8. The summed E-state index contributed by atoms with van der Waals surface area (Å²) in [6.45, 7) is 1.24. The molecule has 2 aromatic rings. The van der Waals surface area contributed by atoms with Crippen molar-refractivity contribution in [3.8, 4) is 0 Å². The van der Waals surface area contributed by atoms with Crippen LogP contribution in [0.4, 0.5) is 5.82 Å². The second-order valence-corrected chi connectivity index (χ2v) is 6.24. The van der Waals surface area contributed by atoms with E-state index >= 15 is 0 Å². The lowest BCUT2D eigenvalue weighted by Crippen LogP contribution is -2.17. The van der Waals surface area contributed by atoms with Crippen LogP contribution in [0, 0.1) is 0 Å². The van der Waals surface area contributed by atoms with Crippen LogP contribution in [0.5, 0.6) is 0 Å². The van der Waals surface area contributed by atoms with E-state index in [0.29, 0.717) is 11.6 Å². The van der Waals surface area contributed by atoms with Crippen LogP contribution in [0.1, 0.15) is 10.4 Å². The molecule has 0 fully saturated rings. The van der Waals surface area contributed by atoms with Gasteiger partial charge in [-0.3, -0.25) is 0 Å². The molecular weight excluding hydrogens is 334 g/mol. The number of hydrogen-bond donors (Lipinski definition) is 1. The zero-order chi connectivity index (χ0) is 13.1. The van der Waals surface area contributed by atoms with Crippen molar-refractivity contribution in [3.05, 3.63) is 43.6 Å². The normalized spacial score (nSPS) is 10.7. The standard InChI is InChI=1S/C12H13BrClN3S/c1-17(6-10-3-9(13)7-18-10)12-2-8(4-15)11(14)5-16-12/h2-3,5,7H,4,6,15H2,1H3. The fourth-order valence-electron chi connectivity index (χ4n) is 1.58. The Morgan fingerprint density at radius 2 is 2.28 bits per heavy atom. The van der Waals surface area contributed by atoms with Gasteiger partial charge in [0.2, 0.25) is 0 Å². The third-order valence-electron chi connectivity index (χ3n) is 2.55. The maximum absolute atomic E-state index is 6.00. The van der Waals surface area contributed by atoms with Crippen molar-refractivity contribution >= 4 is 44.7 Å². The van der Waals surface area contributed by atoms with Crippen LogP contribution in [-0.4, -0.2) is 12.0 Å². The van der Waals surface area contributed by atoms with E-state index in [1.54, 1.807) is 17.5 Å². The largest absolute Gasteiger partial charge is 0.355 e. The van der Waals surface area contributed by atoms with Crippen LogP contribution < -0.4 is 10.6 Å². The van der Waals surface area contributed by atoms with Gasteiger partial charge in [0.1, 0.15) is 5.82 Å². The molecule has 3 nitrogen and oxygen atoms in total. The second-order valence-electron chi connectivity index (χ2n) is 3.93. The summed E-state index contributed by atoms with van der Waals surface area (Å²) in [6, 6.07) is 4.05. The number of thiophene rings is 1. The number of rotatable bonds is 4. The molecule has 0 aliphatic heterocycles. The molecule has 0 aliphatic carbocycles. The van der Waals surface area contributed by atoms with Crippen molar-refractivity contribution in [2.45, 2.75) is 13.1 Å². The molecular formula is C12H13BrClN3S. The molecule has 0 amide bonds. The van der Waals surface area contributed by atoms with Gasteiger partial charge in [0.25, 0.3) is 0 Å². The Hall–Kier alpha value is -0.620. The molecule has 0 aliphatic rings. The van der Waals surface area contributed by atoms with Gasteiger partial charge in [-0.15, -0.1) is 11.3 Å². The van der Waals surface area contributed by atoms with Crippen molar-refractivity contribution in [1.82, 2.24) is 4.98 Å². The van der Waals surface area contributed by atoms with Crippen LogP contribution in [0.15, 0.2) is 28.2 Å².